The summed E-state index contributed by atoms with van der Waals surface area (Å²) in [5.74, 6) is 0.0270. The number of carbonyl (C=O) groups excluding carboxylic acids is 1. The Hall–Kier alpha value is -1.80. The summed E-state index contributed by atoms with van der Waals surface area (Å²) in [6.07, 6.45) is 3.76. The van der Waals surface area contributed by atoms with Gasteiger partial charge in [0.1, 0.15) is 12.3 Å². The largest absolute Gasteiger partial charge is 0.495 e. The van der Waals surface area contributed by atoms with Crippen molar-refractivity contribution < 1.29 is 23.1 Å². The topological polar surface area (TPSA) is 87.2 Å². The van der Waals surface area contributed by atoms with E-state index in [-0.39, 0.29) is 18.5 Å². The van der Waals surface area contributed by atoms with Crippen molar-refractivity contribution in [3.8, 4) is 5.75 Å². The summed E-state index contributed by atoms with van der Waals surface area (Å²) in [5, 5.41) is 10.2. The number of anilines is 1. The summed E-state index contributed by atoms with van der Waals surface area (Å²) < 4.78 is 31.1. The van der Waals surface area contributed by atoms with Crippen molar-refractivity contribution in [3.05, 3.63) is 23.8 Å². The van der Waals surface area contributed by atoms with Crippen LogP contribution in [0.3, 0.4) is 0 Å². The zero-order valence-corrected chi connectivity index (χ0v) is 16.6. The van der Waals surface area contributed by atoms with Crippen LogP contribution >= 0.6 is 0 Å². The Kier molecular flexibility index (Phi) is 6.52. The minimum atomic E-state index is -3.70. The number of ether oxygens (including phenoxy) is 1. The third kappa shape index (κ3) is 4.67. The lowest BCUT2D eigenvalue weighted by Gasteiger charge is -2.36. The number of benzene rings is 1. The summed E-state index contributed by atoms with van der Waals surface area (Å²) >= 11 is 0. The lowest BCUT2D eigenvalue weighted by atomic mass is 9.91. The molecule has 1 amide bonds. The zero-order chi connectivity index (χ0) is 19.5. The fourth-order valence-electron chi connectivity index (χ4n) is 3.34. The van der Waals surface area contributed by atoms with Gasteiger partial charge >= 0.3 is 0 Å². The number of aryl methyl sites for hydroxylation is 1. The van der Waals surface area contributed by atoms with E-state index in [2.05, 4.69) is 0 Å². The first-order valence-corrected chi connectivity index (χ1v) is 10.6. The molecule has 0 heterocycles. The number of hydrogen-bond acceptors (Lipinski definition) is 5. The van der Waals surface area contributed by atoms with E-state index in [4.69, 9.17) is 4.74 Å². The monoisotopic (exact) mass is 384 g/mol. The fourth-order valence-corrected chi connectivity index (χ4v) is 4.18. The molecule has 7 nitrogen and oxygen atoms in total. The van der Waals surface area contributed by atoms with Gasteiger partial charge in [0.25, 0.3) is 0 Å². The van der Waals surface area contributed by atoms with Gasteiger partial charge in [-0.25, -0.2) is 8.42 Å². The number of likely N-dealkylation sites (N-methyl/N-ethyl adjacent to an activating group) is 1. The number of sulfonamides is 1. The molecular formula is C18H28N2O5S. The first-order chi connectivity index (χ1) is 12.1. The van der Waals surface area contributed by atoms with Gasteiger partial charge < -0.3 is 14.7 Å². The van der Waals surface area contributed by atoms with Crippen LogP contribution in [-0.4, -0.2) is 63.4 Å². The molecule has 0 aliphatic heterocycles. The van der Waals surface area contributed by atoms with Gasteiger partial charge in [-0.1, -0.05) is 18.9 Å². The molecule has 8 heteroatoms. The Balaban J connectivity index is 2.29. The quantitative estimate of drug-likeness (QED) is 0.804. The minimum Gasteiger partial charge on any atom is -0.495 e. The Morgan fingerprint density at radius 1 is 1.31 bits per heavy atom. The number of rotatable bonds is 6. The summed E-state index contributed by atoms with van der Waals surface area (Å²) in [6.45, 7) is 1.51. The predicted octanol–water partition coefficient (Wildman–Crippen LogP) is 1.53. The first kappa shape index (κ1) is 20.5. The van der Waals surface area contributed by atoms with Gasteiger partial charge in [0.15, 0.2) is 0 Å². The van der Waals surface area contributed by atoms with E-state index in [9.17, 15) is 18.3 Å². The molecule has 1 fully saturated rings. The highest BCUT2D eigenvalue weighted by atomic mass is 32.2. The van der Waals surface area contributed by atoms with Crippen LogP contribution in [0.5, 0.6) is 5.75 Å². The van der Waals surface area contributed by atoms with Crippen LogP contribution in [0.25, 0.3) is 0 Å². The van der Waals surface area contributed by atoms with Gasteiger partial charge in [-0.3, -0.25) is 9.10 Å². The number of aliphatic hydroxyl groups is 1. The lowest BCUT2D eigenvalue weighted by molar-refractivity contribution is -0.133. The second kappa shape index (κ2) is 8.26. The van der Waals surface area contributed by atoms with Crippen LogP contribution in [0, 0.1) is 6.92 Å². The molecule has 1 aromatic carbocycles. The molecule has 0 radical (unpaired) electrons. The number of aliphatic hydroxyl groups excluding tert-OH is 1. The third-order valence-electron chi connectivity index (χ3n) is 4.87. The summed E-state index contributed by atoms with van der Waals surface area (Å²) in [7, 11) is -0.617. The normalized spacial score (nSPS) is 20.5. The molecule has 1 aliphatic carbocycles. The summed E-state index contributed by atoms with van der Waals surface area (Å²) in [5.41, 5.74) is 1.19. The Morgan fingerprint density at radius 3 is 2.54 bits per heavy atom. The van der Waals surface area contributed by atoms with Crippen LogP contribution in [-0.2, 0) is 14.8 Å². The van der Waals surface area contributed by atoms with E-state index in [1.165, 1.54) is 12.0 Å². The zero-order valence-electron chi connectivity index (χ0n) is 15.8. The van der Waals surface area contributed by atoms with E-state index >= 15 is 0 Å². The fraction of sp³-hybridized carbons (Fsp3) is 0.611. The third-order valence-corrected chi connectivity index (χ3v) is 5.99. The van der Waals surface area contributed by atoms with Gasteiger partial charge in [0.05, 0.1) is 31.2 Å². The molecule has 0 spiro atoms. The molecular weight excluding hydrogens is 356 g/mol. The van der Waals surface area contributed by atoms with E-state index in [0.29, 0.717) is 17.9 Å². The average Bonchev–Trinajstić information content (AvgIpc) is 2.58. The Labute approximate surface area is 155 Å². The van der Waals surface area contributed by atoms with Crippen LogP contribution in [0.15, 0.2) is 18.2 Å². The highest BCUT2D eigenvalue weighted by Crippen LogP contribution is 2.31. The van der Waals surface area contributed by atoms with E-state index in [0.717, 1.165) is 35.4 Å². The maximum atomic E-state index is 12.8. The molecule has 1 saturated carbocycles. The van der Waals surface area contributed by atoms with Crippen molar-refractivity contribution >= 4 is 21.6 Å². The number of methoxy groups -OCH3 is 1. The maximum Gasteiger partial charge on any atom is 0.243 e. The van der Waals surface area contributed by atoms with Crippen LogP contribution in [0.4, 0.5) is 5.69 Å². The van der Waals surface area contributed by atoms with Gasteiger partial charge in [0, 0.05) is 7.05 Å². The molecule has 146 valence electrons. The highest BCUT2D eigenvalue weighted by molar-refractivity contribution is 7.92. The first-order valence-electron chi connectivity index (χ1n) is 8.71. The second-order valence-electron chi connectivity index (χ2n) is 6.87. The molecule has 0 bridgehead atoms. The second-order valence-corrected chi connectivity index (χ2v) is 8.78. The van der Waals surface area contributed by atoms with Crippen LogP contribution < -0.4 is 9.04 Å². The summed E-state index contributed by atoms with van der Waals surface area (Å²) in [4.78, 5) is 14.2. The number of amides is 1. The van der Waals surface area contributed by atoms with E-state index in [1.807, 2.05) is 13.0 Å². The van der Waals surface area contributed by atoms with Crippen molar-refractivity contribution in [1.29, 1.82) is 0 Å². The molecule has 26 heavy (non-hydrogen) atoms. The van der Waals surface area contributed by atoms with Gasteiger partial charge in [-0.05, 0) is 37.5 Å². The molecule has 0 saturated heterocycles. The van der Waals surface area contributed by atoms with Crippen molar-refractivity contribution in [2.24, 2.45) is 0 Å². The van der Waals surface area contributed by atoms with Crippen molar-refractivity contribution in [1.82, 2.24) is 4.90 Å². The van der Waals surface area contributed by atoms with Crippen molar-refractivity contribution in [2.45, 2.75) is 44.8 Å². The van der Waals surface area contributed by atoms with Crippen molar-refractivity contribution in [3.63, 3.8) is 0 Å². The van der Waals surface area contributed by atoms with E-state index in [1.54, 1.807) is 19.2 Å². The standard InChI is InChI=1S/C18H28N2O5S/c1-13-9-10-17(25-3)15(11-13)20(26(4,23)24)12-18(22)19(2)14-7-5-6-8-16(14)21/h9-11,14,16,21H,5-8,12H2,1-4H3. The van der Waals surface area contributed by atoms with Gasteiger partial charge in [-0.2, -0.15) is 0 Å². The summed E-state index contributed by atoms with van der Waals surface area (Å²) in [6, 6.07) is 4.90. The number of hydrogen-bond donors (Lipinski definition) is 1. The smallest absolute Gasteiger partial charge is 0.243 e. The molecule has 1 aliphatic rings. The maximum absolute atomic E-state index is 12.8. The number of nitrogens with zero attached hydrogens (tertiary/aromatic N) is 2. The van der Waals surface area contributed by atoms with Crippen LogP contribution in [0.1, 0.15) is 31.2 Å². The molecule has 0 aromatic heterocycles. The average molecular weight is 384 g/mol. The van der Waals surface area contributed by atoms with Crippen molar-refractivity contribution in [2.75, 3.05) is 31.3 Å². The highest BCUT2D eigenvalue weighted by Gasteiger charge is 2.32. The van der Waals surface area contributed by atoms with Gasteiger partial charge in [-0.15, -0.1) is 0 Å². The lowest BCUT2D eigenvalue weighted by Crippen LogP contribution is -2.50. The predicted molar refractivity (Wildman–Crippen MR) is 101 cm³/mol. The molecule has 1 aromatic rings. The van der Waals surface area contributed by atoms with E-state index < -0.39 is 16.1 Å². The minimum absolute atomic E-state index is 0.280. The molecule has 1 N–H and O–H groups in total. The Morgan fingerprint density at radius 2 is 1.96 bits per heavy atom. The van der Waals surface area contributed by atoms with Crippen LogP contribution in [0.2, 0.25) is 0 Å². The molecule has 2 rings (SSSR count). The SMILES string of the molecule is COc1ccc(C)cc1N(CC(=O)N(C)C1CCCCC1O)S(C)(=O)=O. The Bertz CT molecular complexity index is 750. The number of carbonyl (C=O) groups is 1. The van der Waals surface area contributed by atoms with Gasteiger partial charge in [0.2, 0.25) is 15.9 Å². The molecule has 2 atom stereocenters. The molecule has 2 unspecified atom stereocenters.